The highest BCUT2D eigenvalue weighted by Crippen LogP contribution is 2.19. The predicted octanol–water partition coefficient (Wildman–Crippen LogP) is 3.09. The van der Waals surface area contributed by atoms with Gasteiger partial charge in [0.25, 0.3) is 5.91 Å². The Kier molecular flexibility index (Phi) is 4.40. The number of rotatable bonds is 5. The minimum absolute atomic E-state index is 0.236. The summed E-state index contributed by atoms with van der Waals surface area (Å²) in [5.41, 5.74) is 2.33. The molecule has 0 spiro atoms. The molecular formula is C15H18N2O3. The first-order chi connectivity index (χ1) is 9.60. The molecule has 0 saturated heterocycles. The number of ether oxygens (including phenoxy) is 1. The van der Waals surface area contributed by atoms with Gasteiger partial charge in [-0.2, -0.15) is 0 Å². The van der Waals surface area contributed by atoms with Crippen LogP contribution in [0, 0.1) is 13.8 Å². The van der Waals surface area contributed by atoms with Crippen molar-refractivity contribution in [3.8, 4) is 5.75 Å². The van der Waals surface area contributed by atoms with E-state index in [4.69, 9.17) is 4.74 Å². The van der Waals surface area contributed by atoms with E-state index in [0.29, 0.717) is 18.0 Å². The molecule has 2 aromatic rings. The van der Waals surface area contributed by atoms with Crippen molar-refractivity contribution in [3.05, 3.63) is 41.7 Å². The Hall–Kier alpha value is -2.30. The van der Waals surface area contributed by atoms with Crippen molar-refractivity contribution in [1.29, 1.82) is 0 Å². The van der Waals surface area contributed by atoms with Gasteiger partial charge in [0, 0.05) is 6.07 Å². The summed E-state index contributed by atoms with van der Waals surface area (Å²) in [5, 5.41) is 6.29. The third kappa shape index (κ3) is 3.38. The van der Waals surface area contributed by atoms with Gasteiger partial charge in [0.2, 0.25) is 0 Å². The monoisotopic (exact) mass is 274 g/mol. The van der Waals surface area contributed by atoms with Crippen LogP contribution in [0.15, 0.2) is 35.1 Å². The number of nitrogens with one attached hydrogen (secondary N) is 1. The van der Waals surface area contributed by atoms with E-state index in [1.165, 1.54) is 11.8 Å². The number of benzene rings is 1. The lowest BCUT2D eigenvalue weighted by Crippen LogP contribution is -2.32. The van der Waals surface area contributed by atoms with Crippen LogP contribution < -0.4 is 10.1 Å². The minimum atomic E-state index is -0.561. The third-order valence-corrected chi connectivity index (χ3v) is 3.11. The average molecular weight is 274 g/mol. The summed E-state index contributed by atoms with van der Waals surface area (Å²) < 4.78 is 10.4. The van der Waals surface area contributed by atoms with Crippen LogP contribution in [-0.4, -0.2) is 17.2 Å². The maximum absolute atomic E-state index is 12.1. The van der Waals surface area contributed by atoms with Crippen LogP contribution in [0.2, 0.25) is 0 Å². The molecule has 2 rings (SSSR count). The second kappa shape index (κ2) is 6.23. The zero-order valence-electron chi connectivity index (χ0n) is 11.8. The molecule has 0 unspecified atom stereocenters. The van der Waals surface area contributed by atoms with Crippen LogP contribution in [0.25, 0.3) is 0 Å². The first-order valence-electron chi connectivity index (χ1n) is 6.55. The highest BCUT2D eigenvalue weighted by atomic mass is 16.5. The lowest BCUT2D eigenvalue weighted by atomic mass is 10.1. The minimum Gasteiger partial charge on any atom is -0.481 e. The van der Waals surface area contributed by atoms with Gasteiger partial charge in [-0.05, 0) is 43.5 Å². The van der Waals surface area contributed by atoms with E-state index in [2.05, 4.69) is 15.0 Å². The van der Waals surface area contributed by atoms with Gasteiger partial charge in [-0.1, -0.05) is 18.1 Å². The van der Waals surface area contributed by atoms with Crippen LogP contribution in [0.1, 0.15) is 24.5 Å². The summed E-state index contributed by atoms with van der Waals surface area (Å²) in [6, 6.07) is 7.36. The molecule has 0 aliphatic carbocycles. The Balaban J connectivity index is 2.04. The topological polar surface area (TPSA) is 64.4 Å². The van der Waals surface area contributed by atoms with Crippen molar-refractivity contribution < 1.29 is 14.1 Å². The standard InChI is InChI=1S/C15H18N2O3/c1-4-13(15(18)16-14-7-8-19-17-14)20-12-6-5-10(2)11(3)9-12/h5-9,13H,4H2,1-3H3,(H,16,17,18)/t13-/m0/s1. The van der Waals surface area contributed by atoms with E-state index in [1.54, 1.807) is 6.07 Å². The number of anilines is 1. The molecule has 0 aliphatic heterocycles. The third-order valence-electron chi connectivity index (χ3n) is 3.11. The van der Waals surface area contributed by atoms with E-state index >= 15 is 0 Å². The molecular weight excluding hydrogens is 256 g/mol. The fraction of sp³-hybridized carbons (Fsp3) is 0.333. The molecule has 0 fully saturated rings. The van der Waals surface area contributed by atoms with E-state index in [-0.39, 0.29) is 5.91 Å². The van der Waals surface area contributed by atoms with Gasteiger partial charge < -0.3 is 14.6 Å². The number of carbonyl (C=O) groups excluding carboxylic acids is 1. The van der Waals surface area contributed by atoms with E-state index in [1.807, 2.05) is 39.0 Å². The molecule has 1 aromatic heterocycles. The van der Waals surface area contributed by atoms with Gasteiger partial charge in [0.05, 0.1) is 0 Å². The van der Waals surface area contributed by atoms with Gasteiger partial charge in [-0.3, -0.25) is 4.79 Å². The molecule has 1 N–H and O–H groups in total. The molecule has 5 nitrogen and oxygen atoms in total. The van der Waals surface area contributed by atoms with Crippen LogP contribution >= 0.6 is 0 Å². The number of nitrogens with zero attached hydrogens (tertiary/aromatic N) is 1. The van der Waals surface area contributed by atoms with E-state index in [9.17, 15) is 4.79 Å². The highest BCUT2D eigenvalue weighted by Gasteiger charge is 2.19. The van der Waals surface area contributed by atoms with Crippen molar-refractivity contribution in [1.82, 2.24) is 5.16 Å². The van der Waals surface area contributed by atoms with Crippen LogP contribution in [0.3, 0.4) is 0 Å². The smallest absolute Gasteiger partial charge is 0.266 e. The second-order valence-electron chi connectivity index (χ2n) is 4.63. The second-order valence-corrected chi connectivity index (χ2v) is 4.63. The quantitative estimate of drug-likeness (QED) is 0.910. The fourth-order valence-electron chi connectivity index (χ4n) is 1.76. The van der Waals surface area contributed by atoms with Crippen molar-refractivity contribution in [3.63, 3.8) is 0 Å². The Morgan fingerprint density at radius 1 is 1.35 bits per heavy atom. The van der Waals surface area contributed by atoms with Crippen molar-refractivity contribution in [2.24, 2.45) is 0 Å². The molecule has 0 aliphatic rings. The molecule has 1 heterocycles. The maximum Gasteiger partial charge on any atom is 0.266 e. The molecule has 0 bridgehead atoms. The zero-order valence-corrected chi connectivity index (χ0v) is 11.8. The van der Waals surface area contributed by atoms with Gasteiger partial charge in [0.1, 0.15) is 12.0 Å². The Labute approximate surface area is 117 Å². The van der Waals surface area contributed by atoms with Gasteiger partial charge in [-0.25, -0.2) is 0 Å². The molecule has 20 heavy (non-hydrogen) atoms. The number of carbonyl (C=O) groups is 1. The Bertz CT molecular complexity index is 579. The Morgan fingerprint density at radius 3 is 2.75 bits per heavy atom. The normalized spacial score (nSPS) is 11.9. The lowest BCUT2D eigenvalue weighted by Gasteiger charge is -2.17. The zero-order chi connectivity index (χ0) is 14.5. The Morgan fingerprint density at radius 2 is 2.15 bits per heavy atom. The summed E-state index contributed by atoms with van der Waals surface area (Å²) in [6.07, 6.45) is 1.41. The number of hydrogen-bond donors (Lipinski definition) is 1. The number of hydrogen-bond acceptors (Lipinski definition) is 4. The predicted molar refractivity (Wildman–Crippen MR) is 75.8 cm³/mol. The summed E-state index contributed by atoms with van der Waals surface area (Å²) in [6.45, 7) is 5.94. The van der Waals surface area contributed by atoms with Crippen molar-refractivity contribution in [2.45, 2.75) is 33.3 Å². The van der Waals surface area contributed by atoms with Gasteiger partial charge >= 0.3 is 0 Å². The fourth-order valence-corrected chi connectivity index (χ4v) is 1.76. The molecule has 5 heteroatoms. The first-order valence-corrected chi connectivity index (χ1v) is 6.55. The summed E-state index contributed by atoms with van der Waals surface area (Å²) in [7, 11) is 0. The molecule has 1 amide bonds. The van der Waals surface area contributed by atoms with E-state index in [0.717, 1.165) is 5.56 Å². The molecule has 1 atom stereocenters. The van der Waals surface area contributed by atoms with Crippen LogP contribution in [0.4, 0.5) is 5.82 Å². The first kappa shape index (κ1) is 14.1. The van der Waals surface area contributed by atoms with Crippen molar-refractivity contribution >= 4 is 11.7 Å². The maximum atomic E-state index is 12.1. The number of aromatic nitrogens is 1. The van der Waals surface area contributed by atoms with E-state index < -0.39 is 6.10 Å². The summed E-state index contributed by atoms with van der Waals surface area (Å²) >= 11 is 0. The largest absolute Gasteiger partial charge is 0.481 e. The number of aryl methyl sites for hydroxylation is 2. The van der Waals surface area contributed by atoms with Crippen molar-refractivity contribution in [2.75, 3.05) is 5.32 Å². The number of amides is 1. The lowest BCUT2D eigenvalue weighted by molar-refractivity contribution is -0.122. The molecule has 0 radical (unpaired) electrons. The molecule has 1 aromatic carbocycles. The van der Waals surface area contributed by atoms with Gasteiger partial charge in [0.15, 0.2) is 11.9 Å². The molecule has 106 valence electrons. The van der Waals surface area contributed by atoms with Crippen LogP contribution in [0.5, 0.6) is 5.75 Å². The summed E-state index contributed by atoms with van der Waals surface area (Å²) in [5.74, 6) is 0.840. The summed E-state index contributed by atoms with van der Waals surface area (Å²) in [4.78, 5) is 12.1. The van der Waals surface area contributed by atoms with Crippen LogP contribution in [-0.2, 0) is 4.79 Å². The molecule has 0 saturated carbocycles. The van der Waals surface area contributed by atoms with Gasteiger partial charge in [-0.15, -0.1) is 0 Å². The SMILES string of the molecule is CC[C@H](Oc1ccc(C)c(C)c1)C(=O)Nc1ccon1. The highest BCUT2D eigenvalue weighted by molar-refractivity contribution is 5.93. The average Bonchev–Trinajstić information content (AvgIpc) is 2.92.